The molecule has 0 radical (unpaired) electrons. The summed E-state index contributed by atoms with van der Waals surface area (Å²) in [5.74, 6) is 0.542. The highest BCUT2D eigenvalue weighted by Gasteiger charge is 2.31. The molecule has 0 spiro atoms. The van der Waals surface area contributed by atoms with Crippen molar-refractivity contribution in [2.45, 2.75) is 37.3 Å². The molecule has 2 aliphatic rings. The molecular weight excluding hydrogens is 240 g/mol. The van der Waals surface area contributed by atoms with Crippen molar-refractivity contribution in [1.29, 1.82) is 0 Å². The molecule has 2 saturated heterocycles. The average molecular weight is 262 g/mol. The van der Waals surface area contributed by atoms with Crippen LogP contribution in [0.3, 0.4) is 0 Å². The Morgan fingerprint density at radius 3 is 2.71 bits per heavy atom. The van der Waals surface area contributed by atoms with Crippen molar-refractivity contribution in [3.8, 4) is 0 Å². The Kier molecular flexibility index (Phi) is 4.07. The maximum Gasteiger partial charge on any atom is 0.151 e. The van der Waals surface area contributed by atoms with E-state index >= 15 is 0 Å². The van der Waals surface area contributed by atoms with E-state index in [4.69, 9.17) is 0 Å². The Hall–Kier alpha value is -0.170. The molecule has 2 heterocycles. The van der Waals surface area contributed by atoms with Gasteiger partial charge in [-0.3, -0.25) is 0 Å². The van der Waals surface area contributed by atoms with E-state index in [1.54, 1.807) is 0 Å². The lowest BCUT2D eigenvalue weighted by Crippen LogP contribution is -2.52. The van der Waals surface area contributed by atoms with Crippen LogP contribution in [0, 0.1) is 0 Å². The van der Waals surface area contributed by atoms with Gasteiger partial charge in [0.25, 0.3) is 0 Å². The summed E-state index contributed by atoms with van der Waals surface area (Å²) in [6.07, 6.45) is 3.10. The number of sulfone groups is 1. The average Bonchev–Trinajstić information content (AvgIpc) is 2.26. The van der Waals surface area contributed by atoms with Gasteiger partial charge in [-0.25, -0.2) is 8.42 Å². The van der Waals surface area contributed by atoms with Crippen LogP contribution in [-0.4, -0.2) is 56.3 Å². The van der Waals surface area contributed by atoms with Crippen molar-refractivity contribution in [2.75, 3.05) is 31.1 Å². The van der Waals surface area contributed by atoms with Gasteiger partial charge in [0.15, 0.2) is 9.84 Å². The predicted molar refractivity (Wildman–Crippen MR) is 66.7 cm³/mol. The minimum absolute atomic E-state index is 0.0210. The molecule has 17 heavy (non-hydrogen) atoms. The van der Waals surface area contributed by atoms with E-state index in [0.717, 1.165) is 38.8 Å². The van der Waals surface area contributed by atoms with Crippen molar-refractivity contribution < 1.29 is 13.5 Å². The van der Waals surface area contributed by atoms with Crippen LogP contribution >= 0.6 is 0 Å². The molecule has 0 saturated carbocycles. The van der Waals surface area contributed by atoms with Gasteiger partial charge in [-0.1, -0.05) is 0 Å². The van der Waals surface area contributed by atoms with Gasteiger partial charge >= 0.3 is 0 Å². The van der Waals surface area contributed by atoms with Crippen molar-refractivity contribution in [2.24, 2.45) is 0 Å². The number of hydrogen-bond donors (Lipinski definition) is 3. The smallest absolute Gasteiger partial charge is 0.151 e. The van der Waals surface area contributed by atoms with E-state index < -0.39 is 15.4 Å². The highest BCUT2D eigenvalue weighted by molar-refractivity contribution is 7.91. The zero-order valence-corrected chi connectivity index (χ0v) is 10.9. The minimum atomic E-state index is -2.86. The SMILES string of the molecule is O=S1(=O)CCCC(NCC2(O)CCNCC2)C1. The van der Waals surface area contributed by atoms with Crippen LogP contribution in [0.2, 0.25) is 0 Å². The van der Waals surface area contributed by atoms with Crippen molar-refractivity contribution in [3.63, 3.8) is 0 Å². The molecule has 1 unspecified atom stereocenters. The molecule has 2 rings (SSSR count). The van der Waals surface area contributed by atoms with Gasteiger partial charge in [0.1, 0.15) is 0 Å². The fourth-order valence-electron chi connectivity index (χ4n) is 2.59. The standard InChI is InChI=1S/C11H22N2O3S/c14-11(3-5-12-6-4-11)9-13-10-2-1-7-17(15,16)8-10/h10,12-14H,1-9H2. The molecule has 0 aromatic carbocycles. The first-order valence-electron chi connectivity index (χ1n) is 6.36. The third-order valence-electron chi connectivity index (χ3n) is 3.72. The molecule has 0 bridgehead atoms. The summed E-state index contributed by atoms with van der Waals surface area (Å²) in [5.41, 5.74) is -0.660. The molecule has 100 valence electrons. The molecule has 0 aromatic rings. The Morgan fingerprint density at radius 2 is 2.06 bits per heavy atom. The van der Waals surface area contributed by atoms with E-state index in [1.807, 2.05) is 0 Å². The largest absolute Gasteiger partial charge is 0.388 e. The third kappa shape index (κ3) is 3.91. The fourth-order valence-corrected chi connectivity index (χ4v) is 4.26. The number of aliphatic hydroxyl groups is 1. The van der Waals surface area contributed by atoms with Gasteiger partial charge in [0, 0.05) is 12.6 Å². The lowest BCUT2D eigenvalue weighted by molar-refractivity contribution is 0.00902. The molecule has 0 aliphatic carbocycles. The van der Waals surface area contributed by atoms with Crippen molar-refractivity contribution in [3.05, 3.63) is 0 Å². The lowest BCUT2D eigenvalue weighted by atomic mass is 9.92. The summed E-state index contributed by atoms with van der Waals surface area (Å²) in [6.45, 7) is 2.18. The zero-order valence-electron chi connectivity index (χ0n) is 10.1. The fraction of sp³-hybridized carbons (Fsp3) is 1.00. The Balaban J connectivity index is 1.81. The second-order valence-electron chi connectivity index (χ2n) is 5.31. The van der Waals surface area contributed by atoms with E-state index in [2.05, 4.69) is 10.6 Å². The summed E-state index contributed by atoms with van der Waals surface area (Å²) in [4.78, 5) is 0. The summed E-state index contributed by atoms with van der Waals surface area (Å²) in [5, 5.41) is 16.7. The van der Waals surface area contributed by atoms with Crippen LogP contribution in [0.5, 0.6) is 0 Å². The molecule has 0 aromatic heterocycles. The summed E-state index contributed by atoms with van der Waals surface area (Å²) in [7, 11) is -2.86. The second-order valence-corrected chi connectivity index (χ2v) is 7.54. The summed E-state index contributed by atoms with van der Waals surface area (Å²) in [6, 6.07) is 0.0210. The Bertz CT molecular complexity index is 350. The van der Waals surface area contributed by atoms with Gasteiger partial charge < -0.3 is 15.7 Å². The molecule has 3 N–H and O–H groups in total. The molecule has 5 nitrogen and oxygen atoms in total. The highest BCUT2D eigenvalue weighted by Crippen LogP contribution is 2.18. The summed E-state index contributed by atoms with van der Waals surface area (Å²) >= 11 is 0. The van der Waals surface area contributed by atoms with Crippen LogP contribution in [0.15, 0.2) is 0 Å². The predicted octanol–water partition coefficient (Wildman–Crippen LogP) is -0.732. The van der Waals surface area contributed by atoms with Gasteiger partial charge in [-0.15, -0.1) is 0 Å². The van der Waals surface area contributed by atoms with Crippen LogP contribution in [0.25, 0.3) is 0 Å². The Labute approximate surface area is 103 Å². The Morgan fingerprint density at radius 1 is 1.35 bits per heavy atom. The quantitative estimate of drug-likeness (QED) is 0.625. The molecule has 0 amide bonds. The molecule has 1 atom stereocenters. The monoisotopic (exact) mass is 262 g/mol. The number of piperidine rings is 1. The maximum absolute atomic E-state index is 11.5. The molecule has 2 fully saturated rings. The van der Waals surface area contributed by atoms with Gasteiger partial charge in [-0.05, 0) is 38.8 Å². The number of nitrogens with one attached hydrogen (secondary N) is 2. The summed E-state index contributed by atoms with van der Waals surface area (Å²) < 4.78 is 23.0. The zero-order chi connectivity index (χ0) is 12.4. The van der Waals surface area contributed by atoms with Crippen LogP contribution in [-0.2, 0) is 9.84 Å². The van der Waals surface area contributed by atoms with Gasteiger partial charge in [-0.2, -0.15) is 0 Å². The van der Waals surface area contributed by atoms with Crippen LogP contribution in [0.4, 0.5) is 0 Å². The normalized spacial score (nSPS) is 32.2. The topological polar surface area (TPSA) is 78.4 Å². The van der Waals surface area contributed by atoms with Gasteiger partial charge in [0.2, 0.25) is 0 Å². The van der Waals surface area contributed by atoms with E-state index in [-0.39, 0.29) is 11.8 Å². The molecule has 6 heteroatoms. The molecule has 2 aliphatic heterocycles. The van der Waals surface area contributed by atoms with Crippen molar-refractivity contribution in [1.82, 2.24) is 10.6 Å². The van der Waals surface area contributed by atoms with Gasteiger partial charge in [0.05, 0.1) is 17.1 Å². The lowest BCUT2D eigenvalue weighted by Gasteiger charge is -2.35. The first-order valence-corrected chi connectivity index (χ1v) is 8.18. The van der Waals surface area contributed by atoms with E-state index in [1.165, 1.54) is 0 Å². The van der Waals surface area contributed by atoms with Crippen LogP contribution < -0.4 is 10.6 Å². The number of rotatable bonds is 3. The van der Waals surface area contributed by atoms with Crippen LogP contribution in [0.1, 0.15) is 25.7 Å². The first-order chi connectivity index (χ1) is 7.99. The van der Waals surface area contributed by atoms with Crippen molar-refractivity contribution >= 4 is 9.84 Å². The number of hydrogen-bond acceptors (Lipinski definition) is 5. The highest BCUT2D eigenvalue weighted by atomic mass is 32.2. The van der Waals surface area contributed by atoms with E-state index in [0.29, 0.717) is 12.3 Å². The molecular formula is C11H22N2O3S. The first kappa shape index (κ1) is 13.3. The maximum atomic E-state index is 11.5. The second kappa shape index (κ2) is 5.22. The minimum Gasteiger partial charge on any atom is -0.388 e. The third-order valence-corrected chi connectivity index (χ3v) is 5.54. The van der Waals surface area contributed by atoms with E-state index in [9.17, 15) is 13.5 Å².